The molecule has 35 heavy (non-hydrogen) atoms. The van der Waals surface area contributed by atoms with Crippen molar-refractivity contribution in [2.45, 2.75) is 40.0 Å². The van der Waals surface area contributed by atoms with Crippen LogP contribution in [0.4, 0.5) is 21.9 Å². The van der Waals surface area contributed by atoms with Gasteiger partial charge in [0.25, 0.3) is 0 Å². The van der Waals surface area contributed by atoms with Crippen molar-refractivity contribution in [3.8, 4) is 0 Å². The number of benzene rings is 1. The number of piperidine rings is 1. The van der Waals surface area contributed by atoms with Crippen LogP contribution >= 0.6 is 11.3 Å². The molecule has 0 bridgehead atoms. The number of carbonyl (C=O) groups excluding carboxylic acids is 3. The van der Waals surface area contributed by atoms with E-state index in [0.29, 0.717) is 0 Å². The summed E-state index contributed by atoms with van der Waals surface area (Å²) in [6.07, 6.45) is 6.98. The van der Waals surface area contributed by atoms with E-state index in [0.717, 1.165) is 63.7 Å². The number of aryl methyl sites for hydroxylation is 3. The van der Waals surface area contributed by atoms with Crippen LogP contribution in [0.5, 0.6) is 0 Å². The molecule has 4 amide bonds. The summed E-state index contributed by atoms with van der Waals surface area (Å²) >= 11 is 1.61. The Bertz CT molecular complexity index is 1250. The maximum absolute atomic E-state index is 12.7. The van der Waals surface area contributed by atoms with Crippen molar-refractivity contribution < 1.29 is 14.4 Å². The minimum absolute atomic E-state index is 0.0831. The fourth-order valence-electron chi connectivity index (χ4n) is 4.27. The first-order chi connectivity index (χ1) is 16.8. The van der Waals surface area contributed by atoms with Gasteiger partial charge in [-0.1, -0.05) is 24.3 Å². The van der Waals surface area contributed by atoms with Crippen molar-refractivity contribution in [2.75, 3.05) is 23.3 Å². The summed E-state index contributed by atoms with van der Waals surface area (Å²) < 4.78 is 0. The van der Waals surface area contributed by atoms with Gasteiger partial charge < -0.3 is 16.0 Å². The van der Waals surface area contributed by atoms with Crippen molar-refractivity contribution in [1.82, 2.24) is 9.88 Å². The quantitative estimate of drug-likeness (QED) is 0.378. The maximum atomic E-state index is 12.7. The normalized spacial score (nSPS) is 14.2. The largest absolute Gasteiger partial charge is 0.372 e. The molecule has 0 spiro atoms. The van der Waals surface area contributed by atoms with Gasteiger partial charge in [0.2, 0.25) is 12.3 Å². The lowest BCUT2D eigenvalue weighted by atomic mass is 10.1. The Morgan fingerprint density at radius 2 is 1.83 bits per heavy atom. The Morgan fingerprint density at radius 3 is 2.46 bits per heavy atom. The topological polar surface area (TPSA) is 109 Å². The Balaban J connectivity index is 0.000000221. The molecule has 5 rings (SSSR count). The van der Waals surface area contributed by atoms with E-state index in [-0.39, 0.29) is 18.3 Å². The number of hydrogen-bond acceptors (Lipinski definition) is 5. The monoisotopic (exact) mass is 493 g/mol. The van der Waals surface area contributed by atoms with E-state index in [2.05, 4.69) is 35.6 Å². The van der Waals surface area contributed by atoms with Crippen molar-refractivity contribution >= 4 is 57.0 Å². The first-order valence-corrected chi connectivity index (χ1v) is 12.3. The van der Waals surface area contributed by atoms with Gasteiger partial charge in [-0.05, 0) is 63.8 Å². The number of hydrogen-bond donors (Lipinski definition) is 2. The van der Waals surface area contributed by atoms with E-state index in [1.165, 1.54) is 18.1 Å². The lowest BCUT2D eigenvalue weighted by Crippen LogP contribution is -2.34. The summed E-state index contributed by atoms with van der Waals surface area (Å²) in [5, 5.41) is 4.05. The Labute approximate surface area is 209 Å². The zero-order valence-electron chi connectivity index (χ0n) is 20.3. The summed E-state index contributed by atoms with van der Waals surface area (Å²) in [5.74, 6) is 0.0831. The molecule has 0 radical (unpaired) electrons. The predicted octanol–water partition coefficient (Wildman–Crippen LogP) is 5.19. The fourth-order valence-corrected chi connectivity index (χ4v) is 5.23. The predicted molar refractivity (Wildman–Crippen MR) is 142 cm³/mol. The molecule has 1 saturated heterocycles. The van der Waals surface area contributed by atoms with Crippen LogP contribution < -0.4 is 16.0 Å². The van der Waals surface area contributed by atoms with Gasteiger partial charge in [-0.3, -0.25) is 14.5 Å². The van der Waals surface area contributed by atoms with Crippen LogP contribution in [0.3, 0.4) is 0 Å². The highest BCUT2D eigenvalue weighted by Gasteiger charge is 2.30. The number of rotatable bonds is 2. The molecule has 2 aromatic heterocycles. The smallest absolute Gasteiger partial charge is 0.331 e. The number of amides is 4. The molecule has 4 heterocycles. The summed E-state index contributed by atoms with van der Waals surface area (Å²) in [7, 11) is 0. The van der Waals surface area contributed by atoms with E-state index in [4.69, 9.17) is 4.79 Å². The molecular formula is C26H31N5O3S. The van der Waals surface area contributed by atoms with Gasteiger partial charge >= 0.3 is 6.03 Å². The third-order valence-corrected chi connectivity index (χ3v) is 6.87. The number of thiophene rings is 1. The van der Waals surface area contributed by atoms with Gasteiger partial charge in [-0.15, -0.1) is 11.3 Å². The average molecular weight is 494 g/mol. The Morgan fingerprint density at radius 1 is 1.14 bits per heavy atom. The van der Waals surface area contributed by atoms with Crippen molar-refractivity contribution in [3.05, 3.63) is 59.1 Å². The van der Waals surface area contributed by atoms with Crippen LogP contribution in [0.15, 0.2) is 43.1 Å². The first kappa shape index (κ1) is 25.9. The number of nitrogens with zero attached hydrogens (tertiary/aromatic N) is 3. The number of pyridine rings is 1. The Hall–Kier alpha value is -3.72. The van der Waals surface area contributed by atoms with Crippen LogP contribution in [0.1, 0.15) is 35.3 Å². The molecule has 2 aliphatic rings. The molecule has 0 saturated carbocycles. The van der Waals surface area contributed by atoms with E-state index in [9.17, 15) is 9.59 Å². The summed E-state index contributed by atoms with van der Waals surface area (Å²) in [4.78, 5) is 42.3. The molecule has 2 aliphatic heterocycles. The van der Waals surface area contributed by atoms with Crippen LogP contribution in [0.25, 0.3) is 10.2 Å². The molecular weight excluding hydrogens is 462 g/mol. The van der Waals surface area contributed by atoms with Gasteiger partial charge in [-0.25, -0.2) is 9.78 Å². The molecule has 0 atom stereocenters. The SMILES string of the molecule is C=CC(=O)N1CCCCC1.Cc1ccc(N2C(=O)Nc3c(C)sc4nccc2c34)c(C)c1.NC=O. The van der Waals surface area contributed by atoms with E-state index in [1.807, 2.05) is 36.9 Å². The molecule has 8 nitrogen and oxygen atoms in total. The molecule has 3 N–H and O–H groups in total. The van der Waals surface area contributed by atoms with Crippen molar-refractivity contribution in [2.24, 2.45) is 5.73 Å². The molecule has 184 valence electrons. The fraction of sp³-hybridized carbons (Fsp3) is 0.308. The third-order valence-electron chi connectivity index (χ3n) is 5.86. The highest BCUT2D eigenvalue weighted by atomic mass is 32.1. The molecule has 1 fully saturated rings. The Kier molecular flexibility index (Phi) is 8.59. The number of primary amides is 1. The van der Waals surface area contributed by atoms with Crippen LogP contribution in [0.2, 0.25) is 0 Å². The number of anilines is 3. The molecule has 0 aliphatic carbocycles. The second-order valence-electron chi connectivity index (χ2n) is 8.33. The third kappa shape index (κ3) is 5.68. The molecule has 9 heteroatoms. The van der Waals surface area contributed by atoms with Crippen molar-refractivity contribution in [1.29, 1.82) is 0 Å². The lowest BCUT2D eigenvalue weighted by Gasteiger charge is -2.29. The highest BCUT2D eigenvalue weighted by Crippen LogP contribution is 2.45. The van der Waals surface area contributed by atoms with Gasteiger partial charge in [0, 0.05) is 24.2 Å². The lowest BCUT2D eigenvalue weighted by molar-refractivity contribution is -0.126. The summed E-state index contributed by atoms with van der Waals surface area (Å²) in [6.45, 7) is 11.4. The number of aromatic nitrogens is 1. The number of nitrogens with two attached hydrogens (primary N) is 1. The standard InChI is InChI=1S/C17H15N3OS.C8H13NO.CH3NO/c1-9-4-5-12(10(2)8-9)20-13-6-7-18-16-14(13)15(11(3)22-16)19-17(20)21;1-2-8(10)9-6-4-3-5-7-9;2-1-3/h4-8H,1-3H3,(H,19,21);2H,1,3-7H2;1H,(H2,2,3). The molecule has 0 unspecified atom stereocenters. The number of likely N-dealkylation sites (tertiary alicyclic amines) is 1. The summed E-state index contributed by atoms with van der Waals surface area (Å²) in [5.41, 5.74) is 9.14. The second kappa shape index (κ2) is 11.6. The van der Waals surface area contributed by atoms with Gasteiger partial charge in [-0.2, -0.15) is 0 Å². The van der Waals surface area contributed by atoms with Gasteiger partial charge in [0.1, 0.15) is 4.83 Å². The molecule has 1 aromatic carbocycles. The van der Waals surface area contributed by atoms with E-state index >= 15 is 0 Å². The van der Waals surface area contributed by atoms with E-state index < -0.39 is 0 Å². The van der Waals surface area contributed by atoms with Crippen LogP contribution in [-0.2, 0) is 9.59 Å². The zero-order valence-corrected chi connectivity index (χ0v) is 21.2. The highest BCUT2D eigenvalue weighted by molar-refractivity contribution is 7.19. The minimum Gasteiger partial charge on any atom is -0.372 e. The van der Waals surface area contributed by atoms with Crippen molar-refractivity contribution in [3.63, 3.8) is 0 Å². The average Bonchev–Trinajstić information content (AvgIpc) is 3.17. The number of carbonyl (C=O) groups is 3. The molecule has 3 aromatic rings. The zero-order chi connectivity index (χ0) is 25.5. The maximum Gasteiger partial charge on any atom is 0.331 e. The number of nitrogens with one attached hydrogen (secondary N) is 1. The van der Waals surface area contributed by atoms with Crippen LogP contribution in [-0.4, -0.2) is 41.3 Å². The van der Waals surface area contributed by atoms with Gasteiger partial charge in [0.15, 0.2) is 0 Å². The minimum atomic E-state index is -0.117. The van der Waals surface area contributed by atoms with Crippen LogP contribution in [0, 0.1) is 20.8 Å². The second-order valence-corrected chi connectivity index (χ2v) is 9.53. The first-order valence-electron chi connectivity index (χ1n) is 11.5. The number of urea groups is 1. The summed E-state index contributed by atoms with van der Waals surface area (Å²) in [6, 6.07) is 7.92. The van der Waals surface area contributed by atoms with Gasteiger partial charge in [0.05, 0.1) is 22.4 Å². The van der Waals surface area contributed by atoms with E-state index in [1.54, 1.807) is 22.4 Å².